The molecule has 2 aromatic heterocycles. The number of allylic oxidation sites excluding steroid dienone is 6. The van der Waals surface area contributed by atoms with E-state index in [2.05, 4.69) is 13.8 Å². The molecule has 2 fully saturated rings. The Kier molecular flexibility index (Phi) is 7.45. The third kappa shape index (κ3) is 4.79. The van der Waals surface area contributed by atoms with Crippen molar-refractivity contribution in [2.75, 3.05) is 0 Å². The van der Waals surface area contributed by atoms with Crippen LogP contribution >= 0.6 is 0 Å². The summed E-state index contributed by atoms with van der Waals surface area (Å²) in [5.41, 5.74) is 6.00. The number of rotatable bonds is 2. The Morgan fingerprint density at radius 2 is 1.04 bits per heavy atom. The van der Waals surface area contributed by atoms with Gasteiger partial charge in [-0.2, -0.15) is 0 Å². The molecule has 46 heavy (non-hydrogen) atoms. The van der Waals surface area contributed by atoms with Crippen molar-refractivity contribution in [1.82, 2.24) is 0 Å². The summed E-state index contributed by atoms with van der Waals surface area (Å²) in [5, 5.41) is 0. The van der Waals surface area contributed by atoms with Crippen LogP contribution in [0.25, 0.3) is 0 Å². The van der Waals surface area contributed by atoms with E-state index in [1.54, 1.807) is 37.2 Å². The van der Waals surface area contributed by atoms with Crippen LogP contribution in [-0.4, -0.2) is 23.5 Å². The lowest BCUT2D eigenvalue weighted by atomic mass is 9.59. The lowest BCUT2D eigenvalue weighted by molar-refractivity contribution is -0.162. The summed E-state index contributed by atoms with van der Waals surface area (Å²) in [6.07, 6.45) is 17.5. The summed E-state index contributed by atoms with van der Waals surface area (Å²) < 4.78 is 21.8. The smallest absolute Gasteiger partial charge is 0.310 e. The molecule has 0 bridgehead atoms. The van der Waals surface area contributed by atoms with E-state index in [0.717, 1.165) is 48.0 Å². The first kappa shape index (κ1) is 30.5. The summed E-state index contributed by atoms with van der Waals surface area (Å²) >= 11 is 0. The fourth-order valence-corrected chi connectivity index (χ4v) is 8.96. The summed E-state index contributed by atoms with van der Waals surface area (Å²) in [4.78, 5) is 48.4. The number of ether oxygens (including phenoxy) is 2. The second-order valence-electron chi connectivity index (χ2n) is 14.2. The highest BCUT2D eigenvalue weighted by Gasteiger charge is 2.52. The van der Waals surface area contributed by atoms with Crippen LogP contribution in [0.2, 0.25) is 0 Å². The molecular weight excluding hydrogens is 584 g/mol. The van der Waals surface area contributed by atoms with Crippen molar-refractivity contribution in [2.45, 2.75) is 78.4 Å². The maximum Gasteiger partial charge on any atom is 0.310 e. The van der Waals surface area contributed by atoms with Gasteiger partial charge in [-0.3, -0.25) is 19.2 Å². The first-order valence-corrected chi connectivity index (χ1v) is 16.4. The van der Waals surface area contributed by atoms with Gasteiger partial charge in [0.2, 0.25) is 0 Å². The van der Waals surface area contributed by atoms with E-state index in [4.69, 9.17) is 18.3 Å². The zero-order valence-electron chi connectivity index (χ0n) is 26.7. The van der Waals surface area contributed by atoms with Gasteiger partial charge in [0, 0.05) is 33.8 Å². The number of esters is 2. The highest BCUT2D eigenvalue weighted by Crippen LogP contribution is 2.59. The first-order chi connectivity index (χ1) is 22.0. The van der Waals surface area contributed by atoms with E-state index >= 15 is 0 Å². The molecule has 2 aromatic rings. The van der Waals surface area contributed by atoms with Crippen molar-refractivity contribution in [2.24, 2.45) is 34.5 Å². The van der Waals surface area contributed by atoms with Crippen LogP contribution in [0.15, 0.2) is 92.6 Å². The molecule has 2 saturated heterocycles. The van der Waals surface area contributed by atoms with E-state index in [-0.39, 0.29) is 70.2 Å². The number of hydrogen-bond donors (Lipinski definition) is 0. The molecule has 6 aliphatic rings. The van der Waals surface area contributed by atoms with Gasteiger partial charge in [0.15, 0.2) is 11.6 Å². The summed E-state index contributed by atoms with van der Waals surface area (Å²) in [7, 11) is 0. The molecule has 0 N–H and O–H groups in total. The minimum Gasteiger partial charge on any atom is -0.472 e. The molecule has 8 nitrogen and oxygen atoms in total. The molecular formula is C38H40O8. The van der Waals surface area contributed by atoms with Gasteiger partial charge >= 0.3 is 11.9 Å². The van der Waals surface area contributed by atoms with Crippen LogP contribution in [-0.2, 0) is 28.7 Å². The van der Waals surface area contributed by atoms with Crippen LogP contribution in [0.5, 0.6) is 0 Å². The highest BCUT2D eigenvalue weighted by molar-refractivity contribution is 5.95. The molecule has 0 saturated carbocycles. The fraction of sp³-hybridized carbons (Fsp3) is 0.474. The highest BCUT2D eigenvalue weighted by atomic mass is 16.6. The number of fused-ring (bicyclic) bond motifs is 4. The predicted molar refractivity (Wildman–Crippen MR) is 167 cm³/mol. The van der Waals surface area contributed by atoms with Gasteiger partial charge < -0.3 is 18.3 Å². The summed E-state index contributed by atoms with van der Waals surface area (Å²) in [6, 6.07) is 3.73. The Balaban J connectivity index is 0.000000147. The zero-order valence-corrected chi connectivity index (χ0v) is 26.7. The van der Waals surface area contributed by atoms with Crippen molar-refractivity contribution in [3.8, 4) is 0 Å². The first-order valence-electron chi connectivity index (χ1n) is 16.4. The topological polar surface area (TPSA) is 113 Å². The van der Waals surface area contributed by atoms with Gasteiger partial charge in [-0.25, -0.2) is 0 Å². The molecule has 0 aromatic carbocycles. The second kappa shape index (κ2) is 11.2. The van der Waals surface area contributed by atoms with Crippen molar-refractivity contribution < 1.29 is 37.5 Å². The second-order valence-corrected chi connectivity index (χ2v) is 14.2. The Hall–Kier alpha value is -4.20. The predicted octanol–water partition coefficient (Wildman–Crippen LogP) is 7.51. The largest absolute Gasteiger partial charge is 0.472 e. The molecule has 8 rings (SSSR count). The number of furan rings is 2. The molecule has 8 atom stereocenters. The van der Waals surface area contributed by atoms with E-state index in [0.29, 0.717) is 12.8 Å². The normalized spacial score (nSPS) is 36.5. The molecule has 4 aliphatic carbocycles. The Bertz CT molecular complexity index is 1580. The lowest BCUT2D eigenvalue weighted by Crippen LogP contribution is -2.43. The van der Waals surface area contributed by atoms with Gasteiger partial charge in [0.25, 0.3) is 0 Å². The molecule has 0 radical (unpaired) electrons. The average molecular weight is 625 g/mol. The molecule has 0 unspecified atom stereocenters. The fourth-order valence-electron chi connectivity index (χ4n) is 8.96. The van der Waals surface area contributed by atoms with E-state index in [9.17, 15) is 19.2 Å². The number of carbonyl (C=O) groups excluding carboxylic acids is 4. The van der Waals surface area contributed by atoms with Crippen LogP contribution in [0.1, 0.15) is 89.6 Å². The van der Waals surface area contributed by atoms with Crippen molar-refractivity contribution in [1.29, 1.82) is 0 Å². The molecule has 8 heteroatoms. The molecule has 0 amide bonds. The number of cyclic esters (lactones) is 2. The summed E-state index contributed by atoms with van der Waals surface area (Å²) in [5.74, 6) is 0.428. The standard InChI is InChI=1S/2C19H20O4/c2*1-11-13-5-7-19(2)15(14(13)3-4-16(11)20)9-17(21)23-18(19)12-6-8-22-10-12/h2*3-4,6,8,10-11,13,18H,5,7,9H2,1-2H3/t2*11-,13+,18-,19+/m11/s1. The zero-order chi connectivity index (χ0) is 32.4. The third-order valence-corrected chi connectivity index (χ3v) is 11.8. The van der Waals surface area contributed by atoms with Gasteiger partial charge in [-0.05, 0) is 84.1 Å². The van der Waals surface area contributed by atoms with E-state index < -0.39 is 0 Å². The van der Waals surface area contributed by atoms with Crippen LogP contribution in [0.3, 0.4) is 0 Å². The number of hydrogen-bond acceptors (Lipinski definition) is 8. The molecule has 2 aliphatic heterocycles. The number of ketones is 2. The van der Waals surface area contributed by atoms with Crippen molar-refractivity contribution >= 4 is 23.5 Å². The number of carbonyl (C=O) groups is 4. The van der Waals surface area contributed by atoms with Crippen molar-refractivity contribution in [3.63, 3.8) is 0 Å². The Labute approximate surface area is 268 Å². The van der Waals surface area contributed by atoms with Gasteiger partial charge in [0.1, 0.15) is 12.2 Å². The maximum absolute atomic E-state index is 12.2. The SMILES string of the molecule is C[C@H]1C(=O)C=CC2=C3CC(=O)O[C@H](c4ccoc4)[C@@]3(C)CC[C@H]21.C[C@H]1C(=O)C=CC2=C3CC(=O)O[C@H](c4ccoc4)[C@@]3(C)CC[C@H]21. The third-order valence-electron chi connectivity index (χ3n) is 11.8. The van der Waals surface area contributed by atoms with Crippen LogP contribution < -0.4 is 0 Å². The maximum atomic E-state index is 12.2. The van der Waals surface area contributed by atoms with Gasteiger partial charge in [-0.1, -0.05) is 39.8 Å². The van der Waals surface area contributed by atoms with Gasteiger partial charge in [-0.15, -0.1) is 0 Å². The molecule has 240 valence electrons. The van der Waals surface area contributed by atoms with E-state index in [1.165, 1.54) is 11.1 Å². The van der Waals surface area contributed by atoms with Crippen molar-refractivity contribution in [3.05, 3.63) is 94.9 Å². The van der Waals surface area contributed by atoms with Crippen LogP contribution in [0, 0.1) is 34.5 Å². The van der Waals surface area contributed by atoms with Gasteiger partial charge in [0.05, 0.1) is 37.9 Å². The minimum atomic E-state index is -0.313. The molecule has 0 spiro atoms. The van der Waals surface area contributed by atoms with E-state index in [1.807, 2.05) is 38.1 Å². The lowest BCUT2D eigenvalue weighted by Gasteiger charge is -2.49. The summed E-state index contributed by atoms with van der Waals surface area (Å²) in [6.45, 7) is 8.33. The Morgan fingerprint density at radius 3 is 1.41 bits per heavy atom. The average Bonchev–Trinajstić information content (AvgIpc) is 3.77. The molecule has 4 heterocycles. The van der Waals surface area contributed by atoms with Crippen LogP contribution in [0.4, 0.5) is 0 Å². The Morgan fingerprint density at radius 1 is 0.630 bits per heavy atom. The monoisotopic (exact) mass is 624 g/mol. The minimum absolute atomic E-state index is 0.00243. The quantitative estimate of drug-likeness (QED) is 0.316.